The second-order valence-corrected chi connectivity index (χ2v) is 8.76. The monoisotopic (exact) mass is 445 g/mol. The van der Waals surface area contributed by atoms with Gasteiger partial charge in [-0.2, -0.15) is 0 Å². The van der Waals surface area contributed by atoms with Gasteiger partial charge in [-0.05, 0) is 55.5 Å². The Morgan fingerprint density at radius 3 is 2.52 bits per heavy atom. The number of anilines is 1. The van der Waals surface area contributed by atoms with Crippen molar-refractivity contribution in [1.82, 2.24) is 0 Å². The van der Waals surface area contributed by atoms with Crippen molar-refractivity contribution < 1.29 is 28.7 Å². The van der Waals surface area contributed by atoms with E-state index >= 15 is 0 Å². The van der Waals surface area contributed by atoms with Crippen LogP contribution in [-0.4, -0.2) is 37.3 Å². The van der Waals surface area contributed by atoms with Crippen molar-refractivity contribution in [3.8, 4) is 5.75 Å². The molecule has 1 heterocycles. The molecule has 2 aromatic rings. The average Bonchev–Trinajstić information content (AvgIpc) is 3.47. The summed E-state index contributed by atoms with van der Waals surface area (Å²) in [6.45, 7) is 1.58. The first-order valence-corrected chi connectivity index (χ1v) is 10.9. The van der Waals surface area contributed by atoms with Gasteiger partial charge in [0.1, 0.15) is 5.75 Å². The zero-order valence-corrected chi connectivity index (χ0v) is 18.3. The van der Waals surface area contributed by atoms with E-state index in [1.54, 1.807) is 36.4 Å². The second kappa shape index (κ2) is 7.99. The van der Waals surface area contributed by atoms with Gasteiger partial charge < -0.3 is 9.47 Å². The molecule has 1 saturated heterocycles. The lowest BCUT2D eigenvalue weighted by Crippen LogP contribution is -2.33. The Kier molecular flexibility index (Phi) is 5.12. The summed E-state index contributed by atoms with van der Waals surface area (Å²) < 4.78 is 10.3. The SMILES string of the molecule is COc1cccc(C(=O)COC(=O)c2cccc(N3C(=O)[C@@H]4[C@@H](C3=O)[C@H]3C=C(C)[C@H]4C3)c2)c1. The molecule has 1 aliphatic heterocycles. The van der Waals surface area contributed by atoms with Crippen LogP contribution in [0.3, 0.4) is 0 Å². The number of esters is 1. The molecule has 2 bridgehead atoms. The Hall–Kier alpha value is -3.74. The molecule has 1 saturated carbocycles. The highest BCUT2D eigenvalue weighted by atomic mass is 16.5. The van der Waals surface area contributed by atoms with Crippen LogP contribution in [0.2, 0.25) is 0 Å². The van der Waals surface area contributed by atoms with E-state index in [0.717, 1.165) is 6.42 Å². The number of allylic oxidation sites excluding steroid dienone is 2. The number of carbonyl (C=O) groups excluding carboxylic acids is 4. The van der Waals surface area contributed by atoms with Crippen molar-refractivity contribution in [3.63, 3.8) is 0 Å². The zero-order valence-electron chi connectivity index (χ0n) is 18.3. The summed E-state index contributed by atoms with van der Waals surface area (Å²) in [6.07, 6.45) is 2.98. The van der Waals surface area contributed by atoms with Gasteiger partial charge in [-0.25, -0.2) is 9.69 Å². The second-order valence-electron chi connectivity index (χ2n) is 8.76. The van der Waals surface area contributed by atoms with Gasteiger partial charge in [-0.15, -0.1) is 0 Å². The lowest BCUT2D eigenvalue weighted by atomic mass is 9.82. The third kappa shape index (κ3) is 3.44. The van der Waals surface area contributed by atoms with Crippen LogP contribution in [0, 0.1) is 23.7 Å². The maximum Gasteiger partial charge on any atom is 0.338 e. The molecule has 3 aliphatic rings. The van der Waals surface area contributed by atoms with Gasteiger partial charge in [0.2, 0.25) is 11.8 Å². The van der Waals surface area contributed by atoms with E-state index in [1.807, 2.05) is 6.92 Å². The molecule has 2 fully saturated rings. The largest absolute Gasteiger partial charge is 0.497 e. The lowest BCUT2D eigenvalue weighted by Gasteiger charge is -2.19. The first kappa shape index (κ1) is 21.1. The van der Waals surface area contributed by atoms with Gasteiger partial charge in [-0.1, -0.05) is 29.8 Å². The number of imide groups is 1. The third-order valence-corrected chi connectivity index (χ3v) is 6.95. The number of hydrogen-bond donors (Lipinski definition) is 0. The molecule has 0 spiro atoms. The molecule has 2 aliphatic carbocycles. The van der Waals surface area contributed by atoms with Crippen LogP contribution < -0.4 is 9.64 Å². The number of nitrogens with zero attached hydrogens (tertiary/aromatic N) is 1. The molecule has 2 aromatic carbocycles. The number of benzene rings is 2. The highest BCUT2D eigenvalue weighted by Crippen LogP contribution is 2.55. The molecule has 168 valence electrons. The predicted octanol–water partition coefficient (Wildman–Crippen LogP) is 3.44. The number of fused-ring (bicyclic) bond motifs is 5. The molecular weight excluding hydrogens is 422 g/mol. The third-order valence-electron chi connectivity index (χ3n) is 6.95. The quantitative estimate of drug-likeness (QED) is 0.293. The number of Topliss-reactive ketones (excluding diaryl/α,β-unsaturated/α-hetero) is 1. The van der Waals surface area contributed by atoms with E-state index < -0.39 is 12.6 Å². The number of amides is 2. The van der Waals surface area contributed by atoms with Gasteiger partial charge >= 0.3 is 5.97 Å². The smallest absolute Gasteiger partial charge is 0.338 e. The molecule has 0 radical (unpaired) electrons. The number of ether oxygens (including phenoxy) is 2. The van der Waals surface area contributed by atoms with Crippen LogP contribution in [0.1, 0.15) is 34.1 Å². The normalized spacial score (nSPS) is 25.2. The first-order chi connectivity index (χ1) is 15.9. The minimum Gasteiger partial charge on any atom is -0.497 e. The summed E-state index contributed by atoms with van der Waals surface area (Å²) in [6, 6.07) is 12.8. The highest BCUT2D eigenvalue weighted by Gasteiger charge is 2.60. The van der Waals surface area contributed by atoms with E-state index in [2.05, 4.69) is 6.08 Å². The van der Waals surface area contributed by atoms with E-state index in [9.17, 15) is 19.2 Å². The molecule has 4 atom stereocenters. The Morgan fingerprint density at radius 2 is 1.73 bits per heavy atom. The molecular formula is C26H23NO6. The van der Waals surface area contributed by atoms with Crippen molar-refractivity contribution in [2.75, 3.05) is 18.6 Å². The summed E-state index contributed by atoms with van der Waals surface area (Å²) in [5, 5.41) is 0. The summed E-state index contributed by atoms with van der Waals surface area (Å²) in [4.78, 5) is 52.4. The minimum absolute atomic E-state index is 0.109. The molecule has 7 heteroatoms. The fourth-order valence-corrected chi connectivity index (χ4v) is 5.40. The van der Waals surface area contributed by atoms with Crippen LogP contribution >= 0.6 is 0 Å². The van der Waals surface area contributed by atoms with Gasteiger partial charge in [0.15, 0.2) is 12.4 Å². The van der Waals surface area contributed by atoms with E-state index in [1.165, 1.54) is 29.7 Å². The van der Waals surface area contributed by atoms with Crippen molar-refractivity contribution in [2.24, 2.45) is 23.7 Å². The number of ketones is 1. The fourth-order valence-electron chi connectivity index (χ4n) is 5.40. The van der Waals surface area contributed by atoms with Gasteiger partial charge in [0, 0.05) is 5.56 Å². The van der Waals surface area contributed by atoms with Crippen LogP contribution in [0.5, 0.6) is 5.75 Å². The first-order valence-electron chi connectivity index (χ1n) is 10.9. The number of methoxy groups -OCH3 is 1. The van der Waals surface area contributed by atoms with Crippen molar-refractivity contribution in [1.29, 1.82) is 0 Å². The van der Waals surface area contributed by atoms with Crippen molar-refractivity contribution >= 4 is 29.3 Å². The molecule has 33 heavy (non-hydrogen) atoms. The molecule has 0 unspecified atom stereocenters. The number of carbonyl (C=O) groups is 4. The standard InChI is InChI=1S/C26H23NO6/c1-14-9-17-12-20(14)23-22(17)24(29)27(25(23)30)18-7-3-6-16(10-18)26(31)33-13-21(28)15-5-4-8-19(11-15)32-2/h3-11,17,20,22-23H,12-13H2,1-2H3/t17-,20+,22-,23-/m0/s1. The number of rotatable bonds is 6. The molecule has 2 amide bonds. The summed E-state index contributed by atoms with van der Waals surface area (Å²) >= 11 is 0. The summed E-state index contributed by atoms with van der Waals surface area (Å²) in [7, 11) is 1.50. The van der Waals surface area contributed by atoms with E-state index in [-0.39, 0.29) is 46.8 Å². The zero-order chi connectivity index (χ0) is 23.3. The van der Waals surface area contributed by atoms with Gasteiger partial charge in [-0.3, -0.25) is 14.4 Å². The maximum atomic E-state index is 13.1. The Bertz CT molecular complexity index is 1210. The molecule has 0 aromatic heterocycles. The van der Waals surface area contributed by atoms with Crippen LogP contribution in [0.15, 0.2) is 60.2 Å². The average molecular weight is 445 g/mol. The number of hydrogen-bond acceptors (Lipinski definition) is 6. The van der Waals surface area contributed by atoms with Gasteiger partial charge in [0.05, 0.1) is 30.2 Å². The van der Waals surface area contributed by atoms with Crippen LogP contribution in [-0.2, 0) is 14.3 Å². The van der Waals surface area contributed by atoms with E-state index in [4.69, 9.17) is 9.47 Å². The summed E-state index contributed by atoms with van der Waals surface area (Å²) in [5.41, 5.74) is 2.07. The Balaban J connectivity index is 1.30. The van der Waals surface area contributed by atoms with Gasteiger partial charge in [0.25, 0.3) is 0 Å². The minimum atomic E-state index is -0.704. The lowest BCUT2D eigenvalue weighted by molar-refractivity contribution is -0.123. The maximum absolute atomic E-state index is 13.1. The van der Waals surface area contributed by atoms with Crippen LogP contribution in [0.25, 0.3) is 0 Å². The molecule has 7 nitrogen and oxygen atoms in total. The fraction of sp³-hybridized carbons (Fsp3) is 0.308. The van der Waals surface area contributed by atoms with Crippen molar-refractivity contribution in [2.45, 2.75) is 13.3 Å². The highest BCUT2D eigenvalue weighted by molar-refractivity contribution is 6.23. The Morgan fingerprint density at radius 1 is 1.00 bits per heavy atom. The topological polar surface area (TPSA) is 90.0 Å². The molecule has 5 rings (SSSR count). The van der Waals surface area contributed by atoms with Crippen molar-refractivity contribution in [3.05, 3.63) is 71.3 Å². The summed E-state index contributed by atoms with van der Waals surface area (Å²) in [5.74, 6) is -1.35. The predicted molar refractivity (Wildman–Crippen MR) is 119 cm³/mol. The van der Waals surface area contributed by atoms with Crippen LogP contribution in [0.4, 0.5) is 5.69 Å². The van der Waals surface area contributed by atoms with E-state index in [0.29, 0.717) is 17.0 Å². The Labute approximate surface area is 191 Å². The molecule has 0 N–H and O–H groups in total.